The van der Waals surface area contributed by atoms with Crippen molar-refractivity contribution in [1.82, 2.24) is 0 Å². The van der Waals surface area contributed by atoms with Gasteiger partial charge in [0.05, 0.1) is 11.6 Å². The molecule has 1 heterocycles. The molecule has 24 heavy (non-hydrogen) atoms. The molecule has 1 nitrogen and oxygen atoms in total. The molecule has 5 heteroatoms. The minimum atomic E-state index is -4.33. The number of hydrogen-bond donors (Lipinski definition) is 1. The molecule has 2 aromatic carbocycles. The van der Waals surface area contributed by atoms with Gasteiger partial charge in [-0.3, -0.25) is 0 Å². The summed E-state index contributed by atoms with van der Waals surface area (Å²) in [5, 5.41) is 4.09. The van der Waals surface area contributed by atoms with E-state index in [0.29, 0.717) is 10.6 Å². The van der Waals surface area contributed by atoms with Gasteiger partial charge in [0.1, 0.15) is 0 Å². The second-order valence-electron chi connectivity index (χ2n) is 6.30. The summed E-state index contributed by atoms with van der Waals surface area (Å²) in [5.41, 5.74) is 1.86. The maximum absolute atomic E-state index is 13.0. The number of hydrogen-bond acceptors (Lipinski definition) is 1. The number of allylic oxidation sites excluding steroid dienone is 2. The molecule has 3 atom stereocenters. The Labute approximate surface area is 143 Å². The fraction of sp³-hybridized carbons (Fsp3) is 0.263. The average molecular weight is 350 g/mol. The fourth-order valence-electron chi connectivity index (χ4n) is 3.81. The smallest absolute Gasteiger partial charge is 0.378 e. The van der Waals surface area contributed by atoms with E-state index in [0.717, 1.165) is 23.7 Å². The fourth-order valence-corrected chi connectivity index (χ4v) is 4.06. The van der Waals surface area contributed by atoms with Gasteiger partial charge in [0.15, 0.2) is 0 Å². The maximum Gasteiger partial charge on any atom is 0.416 e. The largest absolute Gasteiger partial charge is 0.416 e. The Bertz CT molecular complexity index is 812. The summed E-state index contributed by atoms with van der Waals surface area (Å²) in [6.45, 7) is 0. The molecule has 0 unspecified atom stereocenters. The Balaban J connectivity index is 1.79. The lowest BCUT2D eigenvalue weighted by molar-refractivity contribution is -0.137. The van der Waals surface area contributed by atoms with E-state index in [4.69, 9.17) is 11.6 Å². The number of fused-ring (bicyclic) bond motifs is 3. The Kier molecular flexibility index (Phi) is 3.61. The number of halogens is 4. The normalized spacial score (nSPS) is 25.1. The number of anilines is 1. The van der Waals surface area contributed by atoms with Crippen LogP contribution in [0.2, 0.25) is 5.02 Å². The molecule has 0 fully saturated rings. The van der Waals surface area contributed by atoms with Crippen LogP contribution in [0.25, 0.3) is 0 Å². The predicted octanol–water partition coefficient (Wildman–Crippen LogP) is 6.19. The minimum absolute atomic E-state index is 0.0112. The molecule has 1 aliphatic heterocycles. The van der Waals surface area contributed by atoms with Crippen molar-refractivity contribution in [2.75, 3.05) is 5.32 Å². The zero-order valence-corrected chi connectivity index (χ0v) is 13.4. The van der Waals surface area contributed by atoms with E-state index in [1.165, 1.54) is 12.1 Å². The van der Waals surface area contributed by atoms with Gasteiger partial charge in [-0.25, -0.2) is 0 Å². The third-order valence-electron chi connectivity index (χ3n) is 4.93. The molecule has 2 aliphatic rings. The quantitative estimate of drug-likeness (QED) is 0.606. The van der Waals surface area contributed by atoms with Gasteiger partial charge in [-0.2, -0.15) is 13.2 Å². The number of alkyl halides is 3. The second-order valence-corrected chi connectivity index (χ2v) is 6.70. The van der Waals surface area contributed by atoms with Gasteiger partial charge >= 0.3 is 6.18 Å². The number of nitrogens with one attached hydrogen (secondary N) is 1. The van der Waals surface area contributed by atoms with Crippen molar-refractivity contribution in [3.8, 4) is 0 Å². The SMILES string of the molecule is FC(F)(F)c1ccc2c(c1)[C@@H]1C=CC[C@H]1[C@@H](c1ccccc1Cl)N2. The van der Waals surface area contributed by atoms with Gasteiger partial charge in [-0.05, 0) is 47.7 Å². The van der Waals surface area contributed by atoms with Crippen molar-refractivity contribution in [3.63, 3.8) is 0 Å². The van der Waals surface area contributed by atoms with Crippen molar-refractivity contribution in [2.45, 2.75) is 24.6 Å². The molecule has 124 valence electrons. The predicted molar refractivity (Wildman–Crippen MR) is 89.2 cm³/mol. The van der Waals surface area contributed by atoms with Crippen molar-refractivity contribution >= 4 is 17.3 Å². The lowest BCUT2D eigenvalue weighted by Crippen LogP contribution is -2.29. The molecule has 2 aromatic rings. The molecular formula is C19H15ClF3N. The van der Waals surface area contributed by atoms with Gasteiger partial charge in [0.25, 0.3) is 0 Å². The summed E-state index contributed by atoms with van der Waals surface area (Å²) in [6, 6.07) is 11.6. The Hall–Kier alpha value is -1.94. The summed E-state index contributed by atoms with van der Waals surface area (Å²) >= 11 is 6.35. The molecule has 0 saturated carbocycles. The Morgan fingerprint density at radius 2 is 1.83 bits per heavy atom. The van der Waals surface area contributed by atoms with Gasteiger partial charge in [0, 0.05) is 16.6 Å². The van der Waals surface area contributed by atoms with E-state index < -0.39 is 11.7 Å². The lowest BCUT2D eigenvalue weighted by atomic mass is 9.76. The van der Waals surface area contributed by atoms with Crippen LogP contribution >= 0.6 is 11.6 Å². The summed E-state index contributed by atoms with van der Waals surface area (Å²) in [4.78, 5) is 0. The molecular weight excluding hydrogens is 335 g/mol. The summed E-state index contributed by atoms with van der Waals surface area (Å²) in [6.07, 6.45) is 0.570. The third kappa shape index (κ3) is 2.49. The maximum atomic E-state index is 13.0. The molecule has 0 amide bonds. The first-order valence-corrected chi connectivity index (χ1v) is 8.22. The molecule has 0 aromatic heterocycles. The highest BCUT2D eigenvalue weighted by Gasteiger charge is 2.40. The van der Waals surface area contributed by atoms with Crippen molar-refractivity contribution in [1.29, 1.82) is 0 Å². The molecule has 0 spiro atoms. The van der Waals surface area contributed by atoms with Crippen molar-refractivity contribution in [3.05, 3.63) is 76.3 Å². The third-order valence-corrected chi connectivity index (χ3v) is 5.27. The van der Waals surface area contributed by atoms with E-state index in [1.54, 1.807) is 0 Å². The van der Waals surface area contributed by atoms with Crippen LogP contribution < -0.4 is 5.32 Å². The van der Waals surface area contributed by atoms with Crippen LogP contribution in [0.5, 0.6) is 0 Å². The second kappa shape index (κ2) is 5.55. The summed E-state index contributed by atoms with van der Waals surface area (Å²) < 4.78 is 39.1. The van der Waals surface area contributed by atoms with Crippen LogP contribution in [0, 0.1) is 5.92 Å². The van der Waals surface area contributed by atoms with Crippen LogP contribution in [0.4, 0.5) is 18.9 Å². The first-order valence-electron chi connectivity index (χ1n) is 7.84. The highest BCUT2D eigenvalue weighted by atomic mass is 35.5. The molecule has 0 radical (unpaired) electrons. The van der Waals surface area contributed by atoms with Crippen LogP contribution in [0.3, 0.4) is 0 Å². The Morgan fingerprint density at radius 1 is 1.04 bits per heavy atom. The zero-order valence-electron chi connectivity index (χ0n) is 12.6. The van der Waals surface area contributed by atoms with Crippen LogP contribution in [-0.4, -0.2) is 0 Å². The van der Waals surface area contributed by atoms with Gasteiger partial charge in [0.2, 0.25) is 0 Å². The van der Waals surface area contributed by atoms with E-state index in [9.17, 15) is 13.2 Å². The summed E-state index contributed by atoms with van der Waals surface area (Å²) in [5.74, 6) is 0.144. The van der Waals surface area contributed by atoms with E-state index in [2.05, 4.69) is 11.4 Å². The molecule has 1 aliphatic carbocycles. The van der Waals surface area contributed by atoms with Crippen LogP contribution in [0.1, 0.15) is 35.1 Å². The molecule has 4 rings (SSSR count). The highest BCUT2D eigenvalue weighted by Crippen LogP contribution is 2.51. The highest BCUT2D eigenvalue weighted by molar-refractivity contribution is 6.31. The van der Waals surface area contributed by atoms with Gasteiger partial charge in [-0.1, -0.05) is 42.0 Å². The van der Waals surface area contributed by atoms with E-state index in [-0.39, 0.29) is 17.9 Å². The number of benzene rings is 2. The first-order chi connectivity index (χ1) is 11.4. The molecule has 0 saturated heterocycles. The average Bonchev–Trinajstić information content (AvgIpc) is 3.03. The molecule has 1 N–H and O–H groups in total. The van der Waals surface area contributed by atoms with E-state index in [1.807, 2.05) is 30.3 Å². The standard InChI is InChI=1S/C19H15ClF3N/c20-16-7-2-1-4-14(16)18-13-6-3-5-12(13)15-10-11(19(21,22)23)8-9-17(15)24-18/h1-5,7-10,12-13,18,24H,6H2/t12-,13-,18+/m1/s1. The summed E-state index contributed by atoms with van der Waals surface area (Å²) in [7, 11) is 0. The first kappa shape index (κ1) is 15.6. The van der Waals surface area contributed by atoms with Crippen LogP contribution in [-0.2, 0) is 6.18 Å². The topological polar surface area (TPSA) is 12.0 Å². The van der Waals surface area contributed by atoms with Crippen molar-refractivity contribution in [2.24, 2.45) is 5.92 Å². The minimum Gasteiger partial charge on any atom is -0.378 e. The van der Waals surface area contributed by atoms with Gasteiger partial charge < -0.3 is 5.32 Å². The number of rotatable bonds is 1. The monoisotopic (exact) mass is 349 g/mol. The van der Waals surface area contributed by atoms with E-state index >= 15 is 0 Å². The van der Waals surface area contributed by atoms with Crippen molar-refractivity contribution < 1.29 is 13.2 Å². The van der Waals surface area contributed by atoms with Crippen LogP contribution in [0.15, 0.2) is 54.6 Å². The van der Waals surface area contributed by atoms with Gasteiger partial charge in [-0.15, -0.1) is 0 Å². The zero-order chi connectivity index (χ0) is 16.9. The Morgan fingerprint density at radius 3 is 2.58 bits per heavy atom. The lowest BCUT2D eigenvalue weighted by Gasteiger charge is -2.38. The molecule has 0 bridgehead atoms.